The molecule has 0 N–H and O–H groups in total. The lowest BCUT2D eigenvalue weighted by molar-refractivity contribution is -0.218. The Morgan fingerprint density at radius 2 is 1.05 bits per heavy atom. The second-order valence-corrected chi connectivity index (χ2v) is 8.62. The summed E-state index contributed by atoms with van der Waals surface area (Å²) in [5.74, 6) is -10.9. The van der Waals surface area contributed by atoms with Crippen LogP contribution in [0.4, 0.5) is 39.5 Å². The molecule has 0 fully saturated rings. The number of hydrogen-bond donors (Lipinski definition) is 0. The molecule has 0 radical (unpaired) electrons. The van der Waals surface area contributed by atoms with Crippen LogP contribution in [0.25, 0.3) is 0 Å². The van der Waals surface area contributed by atoms with Crippen molar-refractivity contribution < 1.29 is 39.5 Å². The topological polar surface area (TPSA) is 0 Å². The summed E-state index contributed by atoms with van der Waals surface area (Å²) in [5.41, 5.74) is 0. The van der Waals surface area contributed by atoms with Crippen molar-refractivity contribution >= 4 is 71.0 Å². The Morgan fingerprint density at radius 1 is 0.714 bits per heavy atom. The maximum absolute atomic E-state index is 13.7. The second-order valence-electron chi connectivity index (χ2n) is 3.73. The van der Waals surface area contributed by atoms with Crippen LogP contribution in [0.15, 0.2) is 0 Å². The molecule has 0 rings (SSSR count). The summed E-state index contributed by atoms with van der Waals surface area (Å²) in [4.78, 5) is 0. The van der Waals surface area contributed by atoms with Crippen molar-refractivity contribution in [2.24, 2.45) is 0 Å². The van der Waals surface area contributed by atoms with Gasteiger partial charge in [0.05, 0.1) is 6.42 Å². The first-order chi connectivity index (χ1) is 8.71. The van der Waals surface area contributed by atoms with Gasteiger partial charge < -0.3 is 0 Å². The van der Waals surface area contributed by atoms with Crippen molar-refractivity contribution in [2.45, 2.75) is 36.8 Å². The van der Waals surface area contributed by atoms with Gasteiger partial charge in [0.15, 0.2) is 0 Å². The van der Waals surface area contributed by atoms with Crippen LogP contribution < -0.4 is 0 Å². The lowest BCUT2D eigenvalue weighted by Gasteiger charge is -2.39. The average molecular weight is 568 g/mol. The van der Waals surface area contributed by atoms with Crippen LogP contribution in [-0.4, -0.2) is 30.4 Å². The van der Waals surface area contributed by atoms with Gasteiger partial charge in [-0.1, -0.05) is 11.6 Å². The van der Waals surface area contributed by atoms with Gasteiger partial charge in [-0.05, 0) is 59.4 Å². The Bertz CT molecular complexity index is 388. The van der Waals surface area contributed by atoms with Gasteiger partial charge in [0.2, 0.25) is 4.58 Å². The summed E-state index contributed by atoms with van der Waals surface area (Å²) < 4.78 is 104. The Kier molecular flexibility index (Phi) is 6.43. The van der Waals surface area contributed by atoms with Gasteiger partial charge in [-0.3, -0.25) is 0 Å². The fraction of sp³-hybridized carbons (Fsp3) is 1.00. The zero-order chi connectivity index (χ0) is 17.7. The van der Waals surface area contributed by atoms with Crippen LogP contribution in [0.1, 0.15) is 6.42 Å². The smallest absolute Gasteiger partial charge is 0.224 e. The molecule has 21 heavy (non-hydrogen) atoms. The van der Waals surface area contributed by atoms with E-state index in [1.165, 1.54) is 31.9 Å². The fourth-order valence-electron chi connectivity index (χ4n) is 0.898. The van der Waals surface area contributed by atoms with Gasteiger partial charge in [-0.2, -0.15) is 17.6 Å². The van der Waals surface area contributed by atoms with Gasteiger partial charge in [0.25, 0.3) is 0 Å². The van der Waals surface area contributed by atoms with Crippen LogP contribution in [0.2, 0.25) is 0 Å². The molecule has 0 aliphatic rings. The van der Waals surface area contributed by atoms with Gasteiger partial charge in [0, 0.05) is 0 Å². The first-order valence-corrected chi connectivity index (χ1v) is 7.49. The fourth-order valence-corrected chi connectivity index (χ4v) is 2.43. The Morgan fingerprint density at radius 3 is 1.29 bits per heavy atom. The minimum Gasteiger partial charge on any atom is -0.224 e. The molecular formula is C7H2Br3Cl2F9. The van der Waals surface area contributed by atoms with E-state index in [-0.39, 0.29) is 0 Å². The van der Waals surface area contributed by atoms with E-state index < -0.39 is 36.8 Å². The molecule has 0 nitrogen and oxygen atoms in total. The molecule has 0 spiro atoms. The summed E-state index contributed by atoms with van der Waals surface area (Å²) in [7, 11) is 0. The standard InChI is InChI=1S/C7H2Br3Cl2F9/c8-2(13,1-3(14,15)6(10,11)19)5(17,18)4(9,16)7(12,20)21/h1H2/t2-,4+,6+/m1/s1. The van der Waals surface area contributed by atoms with E-state index in [9.17, 15) is 39.5 Å². The van der Waals surface area contributed by atoms with Crippen LogP contribution in [-0.2, 0) is 0 Å². The molecule has 128 valence electrons. The predicted molar refractivity (Wildman–Crippen MR) is 69.5 cm³/mol. The summed E-state index contributed by atoms with van der Waals surface area (Å²) in [6.45, 7) is 0. The Hall–Kier alpha value is 1.39. The van der Waals surface area contributed by atoms with E-state index in [1.54, 1.807) is 15.9 Å². The Balaban J connectivity index is 5.71. The second kappa shape index (κ2) is 6.03. The Labute approximate surface area is 147 Å². The molecule has 0 aliphatic heterocycles. The SMILES string of the molecule is FC(F)(Cl)[C@](F)(Br)C(F)(F)[C@@](F)(Br)CC(F)(F)[C@@](F)(Cl)Br. The molecule has 0 heterocycles. The van der Waals surface area contributed by atoms with Gasteiger partial charge >= 0.3 is 25.8 Å². The van der Waals surface area contributed by atoms with Crippen molar-refractivity contribution in [1.82, 2.24) is 0 Å². The normalized spacial score (nSPS) is 23.1. The third-order valence-electron chi connectivity index (χ3n) is 2.07. The quantitative estimate of drug-likeness (QED) is 0.243. The lowest BCUT2D eigenvalue weighted by Crippen LogP contribution is -2.60. The van der Waals surface area contributed by atoms with E-state index >= 15 is 0 Å². The van der Waals surface area contributed by atoms with Crippen LogP contribution >= 0.6 is 71.0 Å². The minimum absolute atomic E-state index is 1.17. The maximum atomic E-state index is 13.7. The summed E-state index contributed by atoms with van der Waals surface area (Å²) in [6, 6.07) is 0. The molecule has 0 saturated carbocycles. The number of hydrogen-bond acceptors (Lipinski definition) is 0. The molecule has 0 aromatic rings. The summed E-state index contributed by atoms with van der Waals surface area (Å²) >= 11 is 12.6. The van der Waals surface area contributed by atoms with Crippen LogP contribution in [0, 0.1) is 0 Å². The van der Waals surface area contributed by atoms with Crippen molar-refractivity contribution in [2.75, 3.05) is 0 Å². The van der Waals surface area contributed by atoms with E-state index in [0.29, 0.717) is 0 Å². The molecule has 0 aromatic carbocycles. The first kappa shape index (κ1) is 22.4. The highest BCUT2D eigenvalue weighted by atomic mass is 79.9. The number of halogens is 14. The van der Waals surface area contributed by atoms with Crippen LogP contribution in [0.3, 0.4) is 0 Å². The number of rotatable bonds is 6. The molecule has 3 atom stereocenters. The largest absolute Gasteiger partial charge is 0.371 e. The lowest BCUT2D eigenvalue weighted by atomic mass is 10.0. The maximum Gasteiger partial charge on any atom is 0.371 e. The molecule has 14 heteroatoms. The monoisotopic (exact) mass is 564 g/mol. The third kappa shape index (κ3) is 4.27. The summed E-state index contributed by atoms with van der Waals surface area (Å²) in [5, 5.41) is -5.39. The predicted octanol–water partition coefficient (Wildman–Crippen LogP) is 6.86. The van der Waals surface area contributed by atoms with Gasteiger partial charge in [-0.25, -0.2) is 22.0 Å². The molecule has 0 aliphatic carbocycles. The van der Waals surface area contributed by atoms with E-state index in [4.69, 9.17) is 0 Å². The molecule has 0 unspecified atom stereocenters. The highest BCUT2D eigenvalue weighted by Crippen LogP contribution is 2.61. The van der Waals surface area contributed by atoms with Crippen molar-refractivity contribution in [3.63, 3.8) is 0 Å². The van der Waals surface area contributed by atoms with Gasteiger partial charge in [-0.15, -0.1) is 0 Å². The van der Waals surface area contributed by atoms with Crippen LogP contribution in [0.5, 0.6) is 0 Å². The zero-order valence-corrected chi connectivity index (χ0v) is 15.3. The van der Waals surface area contributed by atoms with Crippen molar-refractivity contribution in [3.05, 3.63) is 0 Å². The first-order valence-electron chi connectivity index (χ1n) is 4.35. The van der Waals surface area contributed by atoms with E-state index in [1.807, 2.05) is 0 Å². The van der Waals surface area contributed by atoms with E-state index in [2.05, 4.69) is 23.2 Å². The summed E-state index contributed by atoms with van der Waals surface area (Å²) in [6.07, 6.45) is -2.80. The number of alkyl halides is 14. The van der Waals surface area contributed by atoms with E-state index in [0.717, 1.165) is 0 Å². The highest BCUT2D eigenvalue weighted by Gasteiger charge is 2.78. The van der Waals surface area contributed by atoms with Crippen molar-refractivity contribution in [1.29, 1.82) is 0 Å². The average Bonchev–Trinajstić information content (AvgIpc) is 2.11. The molecule has 0 amide bonds. The van der Waals surface area contributed by atoms with Gasteiger partial charge in [0.1, 0.15) is 0 Å². The molecule has 0 aromatic heterocycles. The highest BCUT2D eigenvalue weighted by molar-refractivity contribution is 9.10. The molecular weight excluding hydrogens is 566 g/mol. The zero-order valence-electron chi connectivity index (χ0n) is 9.00. The molecule has 0 saturated heterocycles. The minimum atomic E-state index is -5.86. The third-order valence-corrected chi connectivity index (χ3v) is 5.19. The molecule has 0 bridgehead atoms. The van der Waals surface area contributed by atoms with Crippen molar-refractivity contribution in [3.8, 4) is 0 Å².